The number of hydrazine groups is 1. The number of hydrogen-bond donors (Lipinski definition) is 1. The van der Waals surface area contributed by atoms with Crippen molar-refractivity contribution >= 4 is 22.4 Å². The van der Waals surface area contributed by atoms with E-state index in [1.807, 2.05) is 35.7 Å². The van der Waals surface area contributed by atoms with E-state index in [4.69, 9.17) is 5.84 Å². The average molecular weight is 259 g/mol. The lowest BCUT2D eigenvalue weighted by molar-refractivity contribution is -0.114. The van der Waals surface area contributed by atoms with Gasteiger partial charge in [0.15, 0.2) is 0 Å². The van der Waals surface area contributed by atoms with Crippen LogP contribution in [0.3, 0.4) is 0 Å². The molecule has 0 unspecified atom stereocenters. The number of rotatable bonds is 3. The minimum atomic E-state index is -0.286. The Morgan fingerprint density at radius 1 is 1.39 bits per heavy atom. The van der Waals surface area contributed by atoms with E-state index in [-0.39, 0.29) is 5.91 Å². The summed E-state index contributed by atoms with van der Waals surface area (Å²) >= 11 is 1.34. The first-order valence-electron chi connectivity index (χ1n) is 5.45. The topological polar surface area (TPSA) is 59.2 Å². The molecule has 1 amide bonds. The molecule has 0 fully saturated rings. The molecule has 0 aliphatic carbocycles. The maximum absolute atomic E-state index is 11.6. The fourth-order valence-electron chi connectivity index (χ4n) is 1.43. The Balaban J connectivity index is 2.23. The van der Waals surface area contributed by atoms with Crippen LogP contribution in [0.1, 0.15) is 6.92 Å². The molecule has 1 aromatic heterocycles. The number of anilines is 1. The molecule has 92 valence electrons. The van der Waals surface area contributed by atoms with Crippen LogP contribution in [0.5, 0.6) is 0 Å². The van der Waals surface area contributed by atoms with E-state index in [0.29, 0.717) is 5.13 Å². The van der Waals surface area contributed by atoms with Gasteiger partial charge in [0, 0.05) is 17.0 Å². The first-order chi connectivity index (χ1) is 8.72. The maximum Gasteiger partial charge on any atom is 0.266 e. The fourth-order valence-corrected chi connectivity index (χ4v) is 2.19. The lowest BCUT2D eigenvalue weighted by Gasteiger charge is -2.09. The molecule has 0 aliphatic heterocycles. The van der Waals surface area contributed by atoms with Crippen molar-refractivity contribution in [2.45, 2.75) is 6.92 Å². The third-order valence-electron chi connectivity index (χ3n) is 2.31. The molecule has 0 spiro atoms. The first kappa shape index (κ1) is 12.5. The summed E-state index contributed by atoms with van der Waals surface area (Å²) in [5.74, 6) is 5.41. The maximum atomic E-state index is 11.6. The molecule has 0 atom stereocenters. The van der Waals surface area contributed by atoms with Gasteiger partial charge in [-0.2, -0.15) is 0 Å². The van der Waals surface area contributed by atoms with Crippen LogP contribution in [-0.2, 0) is 4.79 Å². The second kappa shape index (κ2) is 5.57. The Morgan fingerprint density at radius 3 is 2.78 bits per heavy atom. The first-order valence-corrected chi connectivity index (χ1v) is 6.32. The molecule has 0 aliphatic rings. The standard InChI is InChI=1S/C13H13N3OS/c1-2-6-12(17)16(14)13-15-11(9-18-13)10-7-4-3-5-8-10/h2-9H,14H2,1H3/b6-2+. The number of carbonyl (C=O) groups excluding carboxylic acids is 1. The molecular formula is C13H13N3OS. The number of nitrogens with zero attached hydrogens (tertiary/aromatic N) is 2. The Bertz CT molecular complexity index is 563. The highest BCUT2D eigenvalue weighted by atomic mass is 32.1. The van der Waals surface area contributed by atoms with Crippen molar-refractivity contribution in [2.75, 3.05) is 5.01 Å². The molecule has 1 heterocycles. The summed E-state index contributed by atoms with van der Waals surface area (Å²) in [7, 11) is 0. The number of amides is 1. The van der Waals surface area contributed by atoms with Crippen LogP contribution in [-0.4, -0.2) is 10.9 Å². The molecule has 18 heavy (non-hydrogen) atoms. The van der Waals surface area contributed by atoms with Crippen molar-refractivity contribution in [3.8, 4) is 11.3 Å². The number of allylic oxidation sites excluding steroid dienone is 1. The Labute approximate surface area is 109 Å². The number of benzene rings is 1. The minimum Gasteiger partial charge on any atom is -0.268 e. The molecule has 0 radical (unpaired) electrons. The van der Waals surface area contributed by atoms with Crippen molar-refractivity contribution in [3.63, 3.8) is 0 Å². The van der Waals surface area contributed by atoms with Crippen LogP contribution >= 0.6 is 11.3 Å². The van der Waals surface area contributed by atoms with E-state index < -0.39 is 0 Å². The van der Waals surface area contributed by atoms with Gasteiger partial charge < -0.3 is 0 Å². The summed E-state index contributed by atoms with van der Waals surface area (Å²) in [6.45, 7) is 1.77. The molecule has 0 saturated carbocycles. The van der Waals surface area contributed by atoms with Gasteiger partial charge in [-0.25, -0.2) is 15.8 Å². The van der Waals surface area contributed by atoms with Crippen molar-refractivity contribution in [1.29, 1.82) is 0 Å². The van der Waals surface area contributed by atoms with Crippen LogP contribution in [0.2, 0.25) is 0 Å². The van der Waals surface area contributed by atoms with Crippen LogP contribution in [0.25, 0.3) is 11.3 Å². The summed E-state index contributed by atoms with van der Waals surface area (Å²) < 4.78 is 0. The lowest BCUT2D eigenvalue weighted by atomic mass is 10.2. The third-order valence-corrected chi connectivity index (χ3v) is 3.15. The zero-order chi connectivity index (χ0) is 13.0. The predicted octanol–water partition coefficient (Wildman–Crippen LogP) is 2.59. The molecule has 4 nitrogen and oxygen atoms in total. The van der Waals surface area contributed by atoms with E-state index in [2.05, 4.69) is 4.98 Å². The van der Waals surface area contributed by atoms with E-state index in [1.165, 1.54) is 17.4 Å². The average Bonchev–Trinajstić information content (AvgIpc) is 2.89. The summed E-state index contributed by atoms with van der Waals surface area (Å²) in [6, 6.07) is 9.77. The van der Waals surface area contributed by atoms with Crippen LogP contribution < -0.4 is 10.9 Å². The zero-order valence-electron chi connectivity index (χ0n) is 9.91. The van der Waals surface area contributed by atoms with Gasteiger partial charge in [0.1, 0.15) is 0 Å². The summed E-state index contributed by atoms with van der Waals surface area (Å²) in [6.07, 6.45) is 3.05. The predicted molar refractivity (Wildman–Crippen MR) is 74.0 cm³/mol. The quantitative estimate of drug-likeness (QED) is 0.399. The number of hydrogen-bond acceptors (Lipinski definition) is 4. The molecule has 1 aromatic carbocycles. The molecule has 2 aromatic rings. The third kappa shape index (κ3) is 2.64. The second-order valence-electron chi connectivity index (χ2n) is 3.59. The smallest absolute Gasteiger partial charge is 0.266 e. The molecule has 0 bridgehead atoms. The minimum absolute atomic E-state index is 0.286. The number of aromatic nitrogens is 1. The van der Waals surface area contributed by atoms with E-state index in [1.54, 1.807) is 13.0 Å². The van der Waals surface area contributed by atoms with Gasteiger partial charge in [0.2, 0.25) is 5.13 Å². The van der Waals surface area contributed by atoms with Crippen LogP contribution in [0.4, 0.5) is 5.13 Å². The fraction of sp³-hybridized carbons (Fsp3) is 0.0769. The Hall–Kier alpha value is -1.98. The van der Waals surface area contributed by atoms with Gasteiger partial charge in [0.05, 0.1) is 5.69 Å². The number of thiazole rings is 1. The Kier molecular flexibility index (Phi) is 3.86. The summed E-state index contributed by atoms with van der Waals surface area (Å²) in [5.41, 5.74) is 1.83. The van der Waals surface area contributed by atoms with Gasteiger partial charge in [-0.1, -0.05) is 36.4 Å². The Morgan fingerprint density at radius 2 is 2.11 bits per heavy atom. The largest absolute Gasteiger partial charge is 0.268 e. The van der Waals surface area contributed by atoms with E-state index in [0.717, 1.165) is 16.3 Å². The highest BCUT2D eigenvalue weighted by molar-refractivity contribution is 7.14. The van der Waals surface area contributed by atoms with Crippen molar-refractivity contribution in [3.05, 3.63) is 47.9 Å². The van der Waals surface area contributed by atoms with Gasteiger partial charge in [0.25, 0.3) is 5.91 Å². The summed E-state index contributed by atoms with van der Waals surface area (Å²) in [5, 5.41) is 3.42. The molecule has 5 heteroatoms. The highest BCUT2D eigenvalue weighted by Gasteiger charge is 2.13. The van der Waals surface area contributed by atoms with Crippen molar-refractivity contribution in [2.24, 2.45) is 5.84 Å². The van der Waals surface area contributed by atoms with E-state index in [9.17, 15) is 4.79 Å². The van der Waals surface area contributed by atoms with Crippen molar-refractivity contribution in [1.82, 2.24) is 4.98 Å². The number of carbonyl (C=O) groups is 1. The second-order valence-corrected chi connectivity index (χ2v) is 4.43. The van der Waals surface area contributed by atoms with Gasteiger partial charge in [-0.05, 0) is 6.92 Å². The molecule has 2 rings (SSSR count). The monoisotopic (exact) mass is 259 g/mol. The molecule has 2 N–H and O–H groups in total. The number of nitrogens with two attached hydrogens (primary N) is 1. The van der Waals surface area contributed by atoms with Gasteiger partial charge in [-0.3, -0.25) is 4.79 Å². The SMILES string of the molecule is C/C=C/C(=O)N(N)c1nc(-c2ccccc2)cs1. The van der Waals surface area contributed by atoms with Gasteiger partial charge >= 0.3 is 0 Å². The van der Waals surface area contributed by atoms with Crippen LogP contribution in [0.15, 0.2) is 47.9 Å². The summed E-state index contributed by atoms with van der Waals surface area (Å²) in [4.78, 5) is 15.9. The molecular weight excluding hydrogens is 246 g/mol. The normalized spacial score (nSPS) is 10.8. The lowest BCUT2D eigenvalue weighted by Crippen LogP contribution is -2.36. The van der Waals surface area contributed by atoms with E-state index >= 15 is 0 Å². The van der Waals surface area contributed by atoms with Crippen molar-refractivity contribution < 1.29 is 4.79 Å². The molecule has 0 saturated heterocycles. The van der Waals surface area contributed by atoms with Crippen LogP contribution in [0, 0.1) is 0 Å². The highest BCUT2D eigenvalue weighted by Crippen LogP contribution is 2.26. The zero-order valence-corrected chi connectivity index (χ0v) is 10.7. The van der Waals surface area contributed by atoms with Gasteiger partial charge in [-0.15, -0.1) is 11.3 Å².